The lowest BCUT2D eigenvalue weighted by molar-refractivity contribution is 0.321. The number of rotatable bonds is 3. The van der Waals surface area contributed by atoms with Gasteiger partial charge in [-0.05, 0) is 37.0 Å². The van der Waals surface area contributed by atoms with Crippen LogP contribution in [0, 0.1) is 17.3 Å². The first-order chi connectivity index (χ1) is 6.89. The fraction of sp³-hybridized carbons (Fsp3) is 1.00. The van der Waals surface area contributed by atoms with Crippen LogP contribution in [0.4, 0.5) is 0 Å². The standard InChI is InChI=1S/C12H22OS2/c1-11(2)8-6-10(15-5-4-13)12(3,14)7-9(8)11/h8-10,13-14H,4-7H2,1-3H3/t8-,9+,10-,12-/m1/s1. The Kier molecular flexibility index (Phi) is 3.11. The molecule has 0 unspecified atom stereocenters. The predicted molar refractivity (Wildman–Crippen MR) is 70.7 cm³/mol. The molecule has 2 saturated carbocycles. The molecule has 0 aliphatic heterocycles. The van der Waals surface area contributed by atoms with Crippen LogP contribution in [0.2, 0.25) is 0 Å². The first-order valence-electron chi connectivity index (χ1n) is 5.84. The van der Waals surface area contributed by atoms with Crippen LogP contribution in [0.15, 0.2) is 0 Å². The van der Waals surface area contributed by atoms with Gasteiger partial charge in [0.2, 0.25) is 0 Å². The van der Waals surface area contributed by atoms with Gasteiger partial charge in [-0.3, -0.25) is 0 Å². The van der Waals surface area contributed by atoms with Crippen LogP contribution in [0.1, 0.15) is 33.6 Å². The van der Waals surface area contributed by atoms with Crippen LogP contribution in [0.5, 0.6) is 0 Å². The first-order valence-corrected chi connectivity index (χ1v) is 7.34. The van der Waals surface area contributed by atoms with E-state index >= 15 is 0 Å². The Bertz CT molecular complexity index is 250. The van der Waals surface area contributed by atoms with E-state index in [-0.39, 0.29) is 4.75 Å². The molecule has 0 bridgehead atoms. The molecule has 0 aromatic heterocycles. The van der Waals surface area contributed by atoms with Crippen molar-refractivity contribution in [2.75, 3.05) is 12.4 Å². The van der Waals surface area contributed by atoms with Crippen LogP contribution >= 0.6 is 24.4 Å². The van der Waals surface area contributed by atoms with Gasteiger partial charge in [0.1, 0.15) is 0 Å². The zero-order valence-electron chi connectivity index (χ0n) is 9.86. The number of aliphatic hydroxyl groups is 1. The smallest absolute Gasteiger partial charge is 0.0521 e. The summed E-state index contributed by atoms with van der Waals surface area (Å²) < 4.78 is 0.161. The Morgan fingerprint density at radius 3 is 2.60 bits per heavy atom. The second-order valence-electron chi connectivity index (χ2n) is 5.91. The lowest BCUT2D eigenvalue weighted by Crippen LogP contribution is -2.36. The maximum atomic E-state index is 8.90. The third-order valence-electron chi connectivity index (χ3n) is 4.49. The van der Waals surface area contributed by atoms with E-state index in [1.54, 1.807) is 0 Å². The molecule has 0 aromatic rings. The monoisotopic (exact) mass is 246 g/mol. The van der Waals surface area contributed by atoms with Crippen LogP contribution < -0.4 is 0 Å². The summed E-state index contributed by atoms with van der Waals surface area (Å²) in [7, 11) is 0. The maximum Gasteiger partial charge on any atom is 0.0521 e. The minimum atomic E-state index is 0.161. The van der Waals surface area contributed by atoms with E-state index in [2.05, 4.69) is 20.8 Å². The molecule has 3 heteroatoms. The Hall–Kier alpha value is 0.660. The Morgan fingerprint density at radius 1 is 1.33 bits per heavy atom. The average molecular weight is 246 g/mol. The highest BCUT2D eigenvalue weighted by Gasteiger charge is 2.63. The minimum Gasteiger partial charge on any atom is -0.396 e. The number of thioether (sulfide) groups is 1. The summed E-state index contributed by atoms with van der Waals surface area (Å²) >= 11 is 6.76. The van der Waals surface area contributed by atoms with Gasteiger partial charge in [0.05, 0.1) is 6.61 Å². The zero-order chi connectivity index (χ0) is 11.3. The molecular weight excluding hydrogens is 224 g/mol. The van der Waals surface area contributed by atoms with E-state index in [0.717, 1.165) is 17.6 Å². The minimum absolute atomic E-state index is 0.161. The van der Waals surface area contributed by atoms with Crippen LogP contribution in [0.25, 0.3) is 0 Å². The Balaban J connectivity index is 2.00. The third-order valence-corrected chi connectivity index (χ3v) is 6.70. The van der Waals surface area contributed by atoms with Crippen molar-refractivity contribution in [1.82, 2.24) is 0 Å². The summed E-state index contributed by atoms with van der Waals surface area (Å²) in [6.45, 7) is 7.36. The van der Waals surface area contributed by atoms with Gasteiger partial charge in [0.15, 0.2) is 0 Å². The highest BCUT2D eigenvalue weighted by atomic mass is 32.2. The third kappa shape index (κ3) is 2.07. The lowest BCUT2D eigenvalue weighted by atomic mass is 9.89. The molecule has 0 saturated heterocycles. The molecule has 2 aliphatic carbocycles. The van der Waals surface area contributed by atoms with E-state index in [9.17, 15) is 0 Å². The maximum absolute atomic E-state index is 8.90. The summed E-state index contributed by atoms with van der Waals surface area (Å²) in [6, 6.07) is 0. The highest BCUT2D eigenvalue weighted by Crippen LogP contribution is 2.68. The molecule has 0 heterocycles. The molecule has 2 aliphatic rings. The first kappa shape index (κ1) is 12.1. The van der Waals surface area contributed by atoms with Gasteiger partial charge in [0.25, 0.3) is 0 Å². The molecule has 15 heavy (non-hydrogen) atoms. The molecule has 4 atom stereocenters. The number of hydrogen-bond donors (Lipinski definition) is 2. The van der Waals surface area contributed by atoms with Crippen molar-refractivity contribution in [3.05, 3.63) is 0 Å². The summed E-state index contributed by atoms with van der Waals surface area (Å²) in [6.07, 6.45) is 2.54. The fourth-order valence-electron chi connectivity index (χ4n) is 3.23. The molecule has 0 spiro atoms. The SMILES string of the molecule is CC1(C)[C@@H]2C[C@@H](SCCO)[C@](C)(S)C[C@@H]21. The molecule has 0 aromatic carbocycles. The van der Waals surface area contributed by atoms with Gasteiger partial charge in [-0.25, -0.2) is 0 Å². The number of aliphatic hydroxyl groups excluding tert-OH is 1. The normalized spacial score (nSPS) is 47.4. The molecular formula is C12H22OS2. The summed E-state index contributed by atoms with van der Waals surface area (Å²) in [5, 5.41) is 9.52. The van der Waals surface area contributed by atoms with Crippen molar-refractivity contribution in [1.29, 1.82) is 0 Å². The summed E-state index contributed by atoms with van der Waals surface area (Å²) in [4.78, 5) is 0. The second kappa shape index (κ2) is 3.85. The molecule has 0 amide bonds. The molecule has 0 radical (unpaired) electrons. The average Bonchev–Trinajstić information content (AvgIpc) is 2.62. The van der Waals surface area contributed by atoms with Crippen molar-refractivity contribution >= 4 is 24.4 Å². The second-order valence-corrected chi connectivity index (χ2v) is 8.25. The van der Waals surface area contributed by atoms with Crippen molar-refractivity contribution in [3.8, 4) is 0 Å². The Labute approximate surface area is 103 Å². The van der Waals surface area contributed by atoms with E-state index in [1.807, 2.05) is 11.8 Å². The molecule has 2 fully saturated rings. The van der Waals surface area contributed by atoms with Crippen LogP contribution in [0.3, 0.4) is 0 Å². The van der Waals surface area contributed by atoms with Crippen molar-refractivity contribution in [3.63, 3.8) is 0 Å². The lowest BCUT2D eigenvalue weighted by Gasteiger charge is -2.36. The summed E-state index contributed by atoms with van der Waals surface area (Å²) in [5.41, 5.74) is 0.554. The van der Waals surface area contributed by atoms with Gasteiger partial charge in [0, 0.05) is 15.7 Å². The van der Waals surface area contributed by atoms with Gasteiger partial charge in [-0.2, -0.15) is 24.4 Å². The van der Waals surface area contributed by atoms with Gasteiger partial charge in [-0.15, -0.1) is 0 Å². The number of thiol groups is 1. The van der Waals surface area contributed by atoms with Gasteiger partial charge >= 0.3 is 0 Å². The predicted octanol–water partition coefficient (Wildman–Crippen LogP) is 2.84. The van der Waals surface area contributed by atoms with E-state index < -0.39 is 0 Å². The molecule has 88 valence electrons. The van der Waals surface area contributed by atoms with E-state index in [0.29, 0.717) is 17.3 Å². The quantitative estimate of drug-likeness (QED) is 0.747. The largest absolute Gasteiger partial charge is 0.396 e. The van der Waals surface area contributed by atoms with Gasteiger partial charge < -0.3 is 5.11 Å². The fourth-order valence-corrected chi connectivity index (χ4v) is 4.95. The Morgan fingerprint density at radius 2 is 2.00 bits per heavy atom. The van der Waals surface area contributed by atoms with Crippen LogP contribution in [-0.2, 0) is 0 Å². The topological polar surface area (TPSA) is 20.2 Å². The molecule has 2 rings (SSSR count). The molecule has 1 N–H and O–H groups in total. The molecule has 1 nitrogen and oxygen atoms in total. The number of fused-ring (bicyclic) bond motifs is 1. The van der Waals surface area contributed by atoms with Crippen molar-refractivity contribution in [2.24, 2.45) is 17.3 Å². The van der Waals surface area contributed by atoms with E-state index in [1.165, 1.54) is 12.8 Å². The van der Waals surface area contributed by atoms with Crippen LogP contribution in [-0.4, -0.2) is 27.5 Å². The van der Waals surface area contributed by atoms with Gasteiger partial charge in [-0.1, -0.05) is 13.8 Å². The summed E-state index contributed by atoms with van der Waals surface area (Å²) in [5.74, 6) is 2.67. The highest BCUT2D eigenvalue weighted by molar-refractivity contribution is 8.00. The van der Waals surface area contributed by atoms with Crippen molar-refractivity contribution in [2.45, 2.75) is 43.6 Å². The number of hydrogen-bond acceptors (Lipinski definition) is 3. The van der Waals surface area contributed by atoms with E-state index in [4.69, 9.17) is 17.7 Å². The zero-order valence-corrected chi connectivity index (χ0v) is 11.6. The van der Waals surface area contributed by atoms with Crippen molar-refractivity contribution < 1.29 is 5.11 Å².